The van der Waals surface area contributed by atoms with Crippen LogP contribution in [0.1, 0.15) is 70.6 Å². The van der Waals surface area contributed by atoms with Crippen LogP contribution in [0, 0.1) is 0 Å². The second-order valence-corrected chi connectivity index (χ2v) is 7.83. The number of benzene rings is 2. The zero-order valence-electron chi connectivity index (χ0n) is 19.2. The van der Waals surface area contributed by atoms with Crippen molar-refractivity contribution in [2.75, 3.05) is 18.0 Å². The van der Waals surface area contributed by atoms with Gasteiger partial charge in [0.05, 0.1) is 11.4 Å². The van der Waals surface area contributed by atoms with Crippen LogP contribution in [-0.2, 0) is 0 Å². The number of para-hydroxylation sites is 1. The van der Waals surface area contributed by atoms with Gasteiger partial charge in [-0.2, -0.15) is 0 Å². The fourth-order valence-corrected chi connectivity index (χ4v) is 3.95. The van der Waals surface area contributed by atoms with Crippen molar-refractivity contribution in [1.82, 2.24) is 5.48 Å². The molecule has 5 heteroatoms. The monoisotopic (exact) mass is 421 g/mol. The first-order chi connectivity index (χ1) is 15.2. The Morgan fingerprint density at radius 1 is 1.10 bits per heavy atom. The van der Waals surface area contributed by atoms with E-state index in [9.17, 15) is 5.21 Å². The van der Waals surface area contributed by atoms with Crippen LogP contribution in [0.5, 0.6) is 0 Å². The van der Waals surface area contributed by atoms with Crippen molar-refractivity contribution in [2.24, 2.45) is 4.99 Å². The minimum atomic E-state index is 0.312. The molecule has 1 fully saturated rings. The SMILES string of the molecule is CC.CCC(C)c1cccc(N=C(NO)c2cc3cccc(N4CCCCC4)c3o2)c1. The van der Waals surface area contributed by atoms with E-state index in [1.807, 2.05) is 38.1 Å². The molecule has 1 aromatic heterocycles. The molecule has 2 aromatic carbocycles. The van der Waals surface area contributed by atoms with E-state index in [2.05, 4.69) is 53.5 Å². The minimum absolute atomic E-state index is 0.312. The summed E-state index contributed by atoms with van der Waals surface area (Å²) in [6.45, 7) is 10.5. The predicted molar refractivity (Wildman–Crippen MR) is 130 cm³/mol. The molecule has 0 amide bonds. The molecule has 0 saturated carbocycles. The number of hydroxylamine groups is 1. The minimum Gasteiger partial charge on any atom is -0.451 e. The van der Waals surface area contributed by atoms with Gasteiger partial charge in [-0.05, 0) is 61.4 Å². The molecule has 2 heterocycles. The fourth-order valence-electron chi connectivity index (χ4n) is 3.95. The lowest BCUT2D eigenvalue weighted by Gasteiger charge is -2.28. The Labute approximate surface area is 185 Å². The summed E-state index contributed by atoms with van der Waals surface area (Å²) in [5, 5.41) is 10.8. The van der Waals surface area contributed by atoms with Crippen molar-refractivity contribution in [3.63, 3.8) is 0 Å². The standard InChI is InChI=1S/C24H29N3O2.C2H6/c1-3-17(2)18-9-7-11-20(15-18)25-24(26-28)22-16-19-10-8-12-21(23(19)29-22)27-13-5-4-6-14-27;1-2/h7-12,15-17,28H,3-6,13-14H2,1-2H3,(H,25,26);1-2H3. The molecule has 0 bridgehead atoms. The molecule has 2 N–H and O–H groups in total. The number of hydrogen-bond donors (Lipinski definition) is 2. The lowest BCUT2D eigenvalue weighted by Crippen LogP contribution is -2.29. The average molecular weight is 422 g/mol. The summed E-state index contributed by atoms with van der Waals surface area (Å²) < 4.78 is 6.18. The fraction of sp³-hybridized carbons (Fsp3) is 0.423. The lowest BCUT2D eigenvalue weighted by atomic mass is 9.98. The first kappa shape index (κ1) is 22.9. The van der Waals surface area contributed by atoms with Crippen LogP contribution in [0.25, 0.3) is 11.0 Å². The number of amidine groups is 1. The summed E-state index contributed by atoms with van der Waals surface area (Å²) in [5.41, 5.74) is 6.22. The smallest absolute Gasteiger partial charge is 0.193 e. The normalized spacial score (nSPS) is 15.4. The number of anilines is 1. The van der Waals surface area contributed by atoms with Gasteiger partial charge in [0.2, 0.25) is 0 Å². The lowest BCUT2D eigenvalue weighted by molar-refractivity contribution is 0.233. The van der Waals surface area contributed by atoms with Gasteiger partial charge in [0.25, 0.3) is 0 Å². The Balaban J connectivity index is 0.00000132. The molecule has 3 aromatic rings. The van der Waals surface area contributed by atoms with Crippen LogP contribution in [-0.4, -0.2) is 24.1 Å². The Hall–Kier alpha value is -2.79. The van der Waals surface area contributed by atoms with Gasteiger partial charge in [-0.1, -0.05) is 52.0 Å². The number of nitrogens with zero attached hydrogens (tertiary/aromatic N) is 2. The van der Waals surface area contributed by atoms with Gasteiger partial charge >= 0.3 is 0 Å². The van der Waals surface area contributed by atoms with Gasteiger partial charge in [0, 0.05) is 18.5 Å². The Bertz CT molecular complexity index is 1000. The third kappa shape index (κ3) is 5.28. The number of hydrogen-bond acceptors (Lipinski definition) is 4. The van der Waals surface area contributed by atoms with Gasteiger partial charge < -0.3 is 9.32 Å². The molecule has 0 aliphatic carbocycles. The Kier molecular flexibility index (Phi) is 8.13. The van der Waals surface area contributed by atoms with Crippen LogP contribution >= 0.6 is 0 Å². The van der Waals surface area contributed by atoms with Gasteiger partial charge in [-0.3, -0.25) is 5.21 Å². The highest BCUT2D eigenvalue weighted by molar-refractivity contribution is 6.02. The van der Waals surface area contributed by atoms with Gasteiger partial charge in [-0.25, -0.2) is 10.5 Å². The summed E-state index contributed by atoms with van der Waals surface area (Å²) in [7, 11) is 0. The number of furan rings is 1. The Morgan fingerprint density at radius 2 is 1.84 bits per heavy atom. The van der Waals surface area contributed by atoms with Crippen LogP contribution in [0.15, 0.2) is 57.9 Å². The number of rotatable bonds is 5. The van der Waals surface area contributed by atoms with Crippen molar-refractivity contribution in [3.8, 4) is 0 Å². The van der Waals surface area contributed by atoms with E-state index in [4.69, 9.17) is 4.42 Å². The molecule has 1 saturated heterocycles. The number of piperidine rings is 1. The van der Waals surface area contributed by atoms with Crippen LogP contribution in [0.4, 0.5) is 11.4 Å². The second kappa shape index (κ2) is 11.0. The average Bonchev–Trinajstić information content (AvgIpc) is 3.28. The second-order valence-electron chi connectivity index (χ2n) is 7.83. The zero-order valence-corrected chi connectivity index (χ0v) is 19.2. The maximum Gasteiger partial charge on any atom is 0.193 e. The van der Waals surface area contributed by atoms with Crippen molar-refractivity contribution < 1.29 is 9.62 Å². The topological polar surface area (TPSA) is 61.0 Å². The van der Waals surface area contributed by atoms with E-state index in [0.717, 1.165) is 41.9 Å². The van der Waals surface area contributed by atoms with Crippen LogP contribution in [0.3, 0.4) is 0 Å². The van der Waals surface area contributed by atoms with E-state index in [0.29, 0.717) is 17.5 Å². The van der Waals surface area contributed by atoms with Crippen molar-refractivity contribution in [1.29, 1.82) is 0 Å². The highest BCUT2D eigenvalue weighted by Gasteiger charge is 2.18. The predicted octanol–water partition coefficient (Wildman–Crippen LogP) is 7.02. The van der Waals surface area contributed by atoms with E-state index < -0.39 is 0 Å². The molecule has 166 valence electrons. The third-order valence-corrected chi connectivity index (χ3v) is 5.85. The van der Waals surface area contributed by atoms with Crippen molar-refractivity contribution in [2.45, 2.75) is 59.3 Å². The molecule has 0 spiro atoms. The summed E-state index contributed by atoms with van der Waals surface area (Å²) in [4.78, 5) is 7.00. The molecule has 4 rings (SSSR count). The van der Waals surface area contributed by atoms with Gasteiger partial charge in [0.15, 0.2) is 17.2 Å². The molecule has 1 unspecified atom stereocenters. The molecule has 1 atom stereocenters. The van der Waals surface area contributed by atoms with Crippen LogP contribution < -0.4 is 10.4 Å². The molecule has 0 radical (unpaired) electrons. The maximum atomic E-state index is 9.76. The number of aliphatic imine (C=N–C) groups is 1. The summed E-state index contributed by atoms with van der Waals surface area (Å²) in [5.74, 6) is 1.31. The first-order valence-corrected chi connectivity index (χ1v) is 11.6. The third-order valence-electron chi connectivity index (χ3n) is 5.85. The zero-order chi connectivity index (χ0) is 22.2. The van der Waals surface area contributed by atoms with Gasteiger partial charge in [-0.15, -0.1) is 0 Å². The van der Waals surface area contributed by atoms with E-state index >= 15 is 0 Å². The molecular weight excluding hydrogens is 386 g/mol. The van der Waals surface area contributed by atoms with Crippen molar-refractivity contribution in [3.05, 3.63) is 59.9 Å². The highest BCUT2D eigenvalue weighted by Crippen LogP contribution is 2.32. The quantitative estimate of drug-likeness (QED) is 0.264. The first-order valence-electron chi connectivity index (χ1n) is 11.6. The molecule has 1 aliphatic heterocycles. The summed E-state index contributed by atoms with van der Waals surface area (Å²) >= 11 is 0. The van der Waals surface area contributed by atoms with E-state index in [-0.39, 0.29) is 0 Å². The van der Waals surface area contributed by atoms with Crippen molar-refractivity contribution >= 4 is 28.2 Å². The molecule has 1 aliphatic rings. The highest BCUT2D eigenvalue weighted by atomic mass is 16.5. The van der Waals surface area contributed by atoms with E-state index in [1.165, 1.54) is 24.8 Å². The van der Waals surface area contributed by atoms with E-state index in [1.54, 1.807) is 0 Å². The maximum absolute atomic E-state index is 9.76. The van der Waals surface area contributed by atoms with Gasteiger partial charge in [0.1, 0.15) is 0 Å². The Morgan fingerprint density at radius 3 is 2.55 bits per heavy atom. The molecule has 5 nitrogen and oxygen atoms in total. The van der Waals surface area contributed by atoms with Crippen LogP contribution in [0.2, 0.25) is 0 Å². The molecule has 31 heavy (non-hydrogen) atoms. The molecular formula is C26H35N3O2. The largest absolute Gasteiger partial charge is 0.451 e. The number of fused-ring (bicyclic) bond motifs is 1. The summed E-state index contributed by atoms with van der Waals surface area (Å²) in [6, 6.07) is 16.3. The summed E-state index contributed by atoms with van der Waals surface area (Å²) in [6.07, 6.45) is 4.78. The number of nitrogens with one attached hydrogen (secondary N) is 1.